The molecule has 1 saturated heterocycles. The van der Waals surface area contributed by atoms with Gasteiger partial charge in [0.1, 0.15) is 19.0 Å². The summed E-state index contributed by atoms with van der Waals surface area (Å²) in [6.07, 6.45) is 5.93. The number of amides is 1. The van der Waals surface area contributed by atoms with Crippen molar-refractivity contribution in [2.75, 3.05) is 26.4 Å². The minimum atomic E-state index is -0.257. The third-order valence-electron chi connectivity index (χ3n) is 5.36. The number of rotatable bonds is 7. The van der Waals surface area contributed by atoms with Crippen molar-refractivity contribution < 1.29 is 19.4 Å². The number of para-hydroxylation sites is 1. The van der Waals surface area contributed by atoms with Crippen molar-refractivity contribution in [3.05, 3.63) is 30.3 Å². The van der Waals surface area contributed by atoms with Crippen LogP contribution in [0.15, 0.2) is 30.3 Å². The van der Waals surface area contributed by atoms with Gasteiger partial charge in [0.2, 0.25) is 5.91 Å². The molecule has 0 spiro atoms. The number of ether oxygens (including phenoxy) is 2. The number of aliphatic hydroxyl groups is 1. The van der Waals surface area contributed by atoms with Crippen LogP contribution in [0, 0.1) is 5.92 Å². The maximum Gasteiger partial charge on any atom is 0.248 e. The van der Waals surface area contributed by atoms with Crippen molar-refractivity contribution in [3.63, 3.8) is 0 Å². The number of aliphatic hydroxyl groups excluding tert-OH is 1. The first-order valence-corrected chi connectivity index (χ1v) is 9.49. The summed E-state index contributed by atoms with van der Waals surface area (Å²) in [7, 11) is 0. The molecule has 138 valence electrons. The first kappa shape index (κ1) is 18.2. The Labute approximate surface area is 149 Å². The molecule has 1 aromatic rings. The molecule has 5 nitrogen and oxygen atoms in total. The summed E-state index contributed by atoms with van der Waals surface area (Å²) < 4.78 is 11.1. The van der Waals surface area contributed by atoms with E-state index >= 15 is 0 Å². The largest absolute Gasteiger partial charge is 0.491 e. The number of benzene rings is 1. The van der Waals surface area contributed by atoms with E-state index in [1.807, 2.05) is 35.2 Å². The van der Waals surface area contributed by atoms with Gasteiger partial charge in [-0.1, -0.05) is 31.0 Å². The van der Waals surface area contributed by atoms with Crippen LogP contribution in [0.5, 0.6) is 5.75 Å². The highest BCUT2D eigenvalue weighted by Gasteiger charge is 2.38. The molecule has 25 heavy (non-hydrogen) atoms. The van der Waals surface area contributed by atoms with Crippen LogP contribution in [0.3, 0.4) is 0 Å². The summed E-state index contributed by atoms with van der Waals surface area (Å²) in [5.74, 6) is 1.09. The third-order valence-corrected chi connectivity index (χ3v) is 5.36. The molecule has 3 unspecified atom stereocenters. The Morgan fingerprint density at radius 2 is 1.88 bits per heavy atom. The lowest BCUT2D eigenvalue weighted by molar-refractivity contribution is -0.139. The molecule has 0 aromatic heterocycles. The van der Waals surface area contributed by atoms with Crippen molar-refractivity contribution in [2.45, 2.75) is 50.7 Å². The fraction of sp³-hybridized carbons (Fsp3) is 0.650. The molecule has 2 aliphatic rings. The smallest absolute Gasteiger partial charge is 0.248 e. The molecular weight excluding hydrogens is 318 g/mol. The van der Waals surface area contributed by atoms with Gasteiger partial charge in [-0.15, -0.1) is 0 Å². The zero-order chi connectivity index (χ0) is 17.5. The lowest BCUT2D eigenvalue weighted by Crippen LogP contribution is -2.46. The Kier molecular flexibility index (Phi) is 6.70. The van der Waals surface area contributed by atoms with Crippen molar-refractivity contribution in [2.24, 2.45) is 5.92 Å². The predicted octanol–water partition coefficient (Wildman–Crippen LogP) is 2.62. The van der Waals surface area contributed by atoms with Crippen LogP contribution in [0.4, 0.5) is 0 Å². The number of likely N-dealkylation sites (tertiary alicyclic amines) is 1. The quantitative estimate of drug-likeness (QED) is 0.771. The molecule has 1 N–H and O–H groups in total. The SMILES string of the molecule is O=C(COCCOc1ccccc1)N1CCCC1C1CCCCC1O. The minimum absolute atomic E-state index is 0.0417. The molecular formula is C20H29NO4. The standard InChI is InChI=1S/C20H29NO4/c22-19-11-5-4-9-17(19)18-10-6-12-21(18)20(23)15-24-13-14-25-16-7-2-1-3-8-16/h1-3,7-8,17-19,22H,4-6,9-15H2. The number of nitrogens with zero attached hydrogens (tertiary/aromatic N) is 1. The van der Waals surface area contributed by atoms with Gasteiger partial charge >= 0.3 is 0 Å². The fourth-order valence-corrected chi connectivity index (χ4v) is 4.11. The third kappa shape index (κ3) is 4.95. The summed E-state index contributed by atoms with van der Waals surface area (Å²) in [4.78, 5) is 14.5. The van der Waals surface area contributed by atoms with E-state index in [0.29, 0.717) is 13.2 Å². The second-order valence-corrected chi connectivity index (χ2v) is 7.03. The molecule has 1 aliphatic carbocycles. The summed E-state index contributed by atoms with van der Waals surface area (Å²) >= 11 is 0. The van der Waals surface area contributed by atoms with Gasteiger partial charge in [0, 0.05) is 18.5 Å². The van der Waals surface area contributed by atoms with Crippen LogP contribution in [-0.4, -0.2) is 54.4 Å². The molecule has 5 heteroatoms. The molecule has 1 amide bonds. The predicted molar refractivity (Wildman–Crippen MR) is 95.5 cm³/mol. The van der Waals surface area contributed by atoms with E-state index in [1.165, 1.54) is 0 Å². The highest BCUT2D eigenvalue weighted by Crippen LogP contribution is 2.34. The molecule has 1 saturated carbocycles. The van der Waals surface area contributed by atoms with E-state index in [9.17, 15) is 9.90 Å². The monoisotopic (exact) mass is 347 g/mol. The Morgan fingerprint density at radius 3 is 2.68 bits per heavy atom. The molecule has 1 aliphatic heterocycles. The second kappa shape index (κ2) is 9.20. The molecule has 1 aromatic carbocycles. The maximum absolute atomic E-state index is 12.5. The molecule has 1 heterocycles. The van der Waals surface area contributed by atoms with Gasteiger partial charge in [-0.05, 0) is 37.8 Å². The van der Waals surface area contributed by atoms with E-state index in [-0.39, 0.29) is 30.6 Å². The van der Waals surface area contributed by atoms with Gasteiger partial charge in [-0.3, -0.25) is 4.79 Å². The average Bonchev–Trinajstić information content (AvgIpc) is 3.12. The zero-order valence-corrected chi connectivity index (χ0v) is 14.8. The van der Waals surface area contributed by atoms with Gasteiger partial charge in [0.15, 0.2) is 0 Å². The van der Waals surface area contributed by atoms with Gasteiger partial charge in [0.05, 0.1) is 12.7 Å². The van der Waals surface area contributed by atoms with E-state index < -0.39 is 0 Å². The Morgan fingerprint density at radius 1 is 1.08 bits per heavy atom. The van der Waals surface area contributed by atoms with Crippen LogP contribution in [0.2, 0.25) is 0 Å². The van der Waals surface area contributed by atoms with Crippen molar-refractivity contribution in [3.8, 4) is 5.75 Å². The Bertz CT molecular complexity index is 536. The summed E-state index contributed by atoms with van der Waals surface area (Å²) in [5.41, 5.74) is 0. The molecule has 3 atom stereocenters. The fourth-order valence-electron chi connectivity index (χ4n) is 4.11. The van der Waals surface area contributed by atoms with Crippen molar-refractivity contribution >= 4 is 5.91 Å². The van der Waals surface area contributed by atoms with E-state index in [1.54, 1.807) is 0 Å². The number of carbonyl (C=O) groups is 1. The van der Waals surface area contributed by atoms with Crippen LogP contribution in [0.25, 0.3) is 0 Å². The lowest BCUT2D eigenvalue weighted by Gasteiger charge is -2.37. The van der Waals surface area contributed by atoms with Crippen LogP contribution < -0.4 is 4.74 Å². The first-order chi connectivity index (χ1) is 12.3. The first-order valence-electron chi connectivity index (χ1n) is 9.49. The van der Waals surface area contributed by atoms with Gasteiger partial charge in [-0.25, -0.2) is 0 Å². The van der Waals surface area contributed by atoms with E-state index in [4.69, 9.17) is 9.47 Å². The van der Waals surface area contributed by atoms with Gasteiger partial charge in [0.25, 0.3) is 0 Å². The van der Waals surface area contributed by atoms with Gasteiger partial charge < -0.3 is 19.5 Å². The van der Waals surface area contributed by atoms with Crippen LogP contribution in [0.1, 0.15) is 38.5 Å². The Balaban J connectivity index is 1.39. The summed E-state index contributed by atoms with van der Waals surface area (Å²) in [6.45, 7) is 1.71. The van der Waals surface area contributed by atoms with Crippen LogP contribution in [-0.2, 0) is 9.53 Å². The topological polar surface area (TPSA) is 59.0 Å². The Hall–Kier alpha value is -1.59. The average molecular weight is 347 g/mol. The van der Waals surface area contributed by atoms with Crippen molar-refractivity contribution in [1.82, 2.24) is 4.90 Å². The van der Waals surface area contributed by atoms with Gasteiger partial charge in [-0.2, -0.15) is 0 Å². The normalized spacial score (nSPS) is 26.6. The minimum Gasteiger partial charge on any atom is -0.491 e. The second-order valence-electron chi connectivity index (χ2n) is 7.03. The molecule has 0 bridgehead atoms. The van der Waals surface area contributed by atoms with E-state index in [0.717, 1.165) is 50.8 Å². The molecule has 3 rings (SSSR count). The van der Waals surface area contributed by atoms with Crippen LogP contribution >= 0.6 is 0 Å². The molecule has 0 radical (unpaired) electrons. The number of hydrogen-bond acceptors (Lipinski definition) is 4. The van der Waals surface area contributed by atoms with Crippen molar-refractivity contribution in [1.29, 1.82) is 0 Å². The zero-order valence-electron chi connectivity index (χ0n) is 14.8. The van der Waals surface area contributed by atoms with E-state index in [2.05, 4.69) is 0 Å². The summed E-state index contributed by atoms with van der Waals surface area (Å²) in [6, 6.07) is 9.77. The highest BCUT2D eigenvalue weighted by atomic mass is 16.5. The number of carbonyl (C=O) groups excluding carboxylic acids is 1. The highest BCUT2D eigenvalue weighted by molar-refractivity contribution is 5.78. The summed E-state index contributed by atoms with van der Waals surface area (Å²) in [5, 5.41) is 10.3. The molecule has 2 fully saturated rings. The lowest BCUT2D eigenvalue weighted by atomic mass is 9.80. The number of hydrogen-bond donors (Lipinski definition) is 1. The maximum atomic E-state index is 12.5.